The number of phenols is 1. The highest BCUT2D eigenvalue weighted by Crippen LogP contribution is 2.32. The second-order valence-corrected chi connectivity index (χ2v) is 8.57. The highest BCUT2D eigenvalue weighted by molar-refractivity contribution is 9.10. The zero-order valence-electron chi connectivity index (χ0n) is 17.9. The zero-order valence-corrected chi connectivity index (χ0v) is 20.2. The zero-order chi connectivity index (χ0) is 25.0. The van der Waals surface area contributed by atoms with Crippen molar-refractivity contribution in [3.05, 3.63) is 57.0 Å². The van der Waals surface area contributed by atoms with E-state index in [-0.39, 0.29) is 23.3 Å². The highest BCUT2D eigenvalue weighted by Gasteiger charge is 2.30. The van der Waals surface area contributed by atoms with Gasteiger partial charge in [0.05, 0.1) is 29.5 Å². The number of halogens is 5. The number of benzene rings is 2. The lowest BCUT2D eigenvalue weighted by Gasteiger charge is -2.27. The summed E-state index contributed by atoms with van der Waals surface area (Å²) in [5, 5.41) is 17.4. The first kappa shape index (κ1) is 24.9. The first-order valence-corrected chi connectivity index (χ1v) is 11.4. The van der Waals surface area contributed by atoms with Gasteiger partial charge in [-0.3, -0.25) is 0 Å². The summed E-state index contributed by atoms with van der Waals surface area (Å²) in [5.74, 6) is 0.292. The summed E-state index contributed by atoms with van der Waals surface area (Å²) in [6, 6.07) is 7.74. The molecule has 1 aliphatic heterocycles. The van der Waals surface area contributed by atoms with Gasteiger partial charge in [0.15, 0.2) is 0 Å². The molecule has 1 fully saturated rings. The van der Waals surface area contributed by atoms with Crippen LogP contribution in [0.25, 0.3) is 0 Å². The minimum absolute atomic E-state index is 0.0202. The Balaban J connectivity index is 1.61. The van der Waals surface area contributed by atoms with Crippen LogP contribution in [-0.4, -0.2) is 52.6 Å². The topological polar surface area (TPSA) is 108 Å². The number of rotatable bonds is 6. The molecular formula is C21H18BrClF3N7O2. The average molecular weight is 573 g/mol. The number of ether oxygens (including phenoxy) is 1. The van der Waals surface area contributed by atoms with Crippen LogP contribution in [0.1, 0.15) is 11.1 Å². The predicted octanol–water partition coefficient (Wildman–Crippen LogP) is 5.04. The molecule has 0 spiro atoms. The molecule has 2 heterocycles. The molecule has 14 heteroatoms. The van der Waals surface area contributed by atoms with Gasteiger partial charge in [-0.05, 0) is 46.3 Å². The number of hydrazone groups is 1. The Labute approximate surface area is 211 Å². The van der Waals surface area contributed by atoms with Crippen molar-refractivity contribution in [3.63, 3.8) is 0 Å². The fraction of sp³-hybridized carbons (Fsp3) is 0.238. The Morgan fingerprint density at radius 1 is 1.11 bits per heavy atom. The number of phenolic OH excluding ortho intramolecular Hbond substituents is 1. The Morgan fingerprint density at radius 2 is 1.86 bits per heavy atom. The van der Waals surface area contributed by atoms with Gasteiger partial charge in [0, 0.05) is 29.4 Å². The van der Waals surface area contributed by atoms with Crippen LogP contribution in [0.4, 0.5) is 36.7 Å². The summed E-state index contributed by atoms with van der Waals surface area (Å²) in [7, 11) is 0. The van der Waals surface area contributed by atoms with Crippen LogP contribution >= 0.6 is 27.5 Å². The van der Waals surface area contributed by atoms with Crippen LogP contribution in [-0.2, 0) is 10.9 Å². The van der Waals surface area contributed by atoms with Crippen molar-refractivity contribution in [3.8, 4) is 5.75 Å². The van der Waals surface area contributed by atoms with E-state index in [0.717, 1.165) is 12.1 Å². The van der Waals surface area contributed by atoms with Crippen LogP contribution in [0.5, 0.6) is 5.75 Å². The van der Waals surface area contributed by atoms with Crippen molar-refractivity contribution < 1.29 is 23.0 Å². The molecule has 0 radical (unpaired) electrons. The maximum absolute atomic E-state index is 13.1. The second kappa shape index (κ2) is 10.6. The standard InChI is InChI=1S/C21H18BrClF3N7O2/c22-16-10-14(23)8-12(17(16)34)11-27-32-19-29-18(30-20(31-19)33-4-6-35-7-5-33)28-15-3-1-2-13(9-15)21(24,25)26/h1-3,8-11,34H,4-7H2,(H2,28,29,30,31,32)/b27-11+. The molecule has 35 heavy (non-hydrogen) atoms. The number of anilines is 4. The van der Waals surface area contributed by atoms with Gasteiger partial charge in [0.1, 0.15) is 5.75 Å². The minimum Gasteiger partial charge on any atom is -0.506 e. The van der Waals surface area contributed by atoms with Gasteiger partial charge in [0.25, 0.3) is 0 Å². The normalized spacial score (nSPS) is 14.4. The Bertz CT molecular complexity index is 1240. The number of aromatic nitrogens is 3. The molecule has 0 aliphatic carbocycles. The van der Waals surface area contributed by atoms with Crippen molar-refractivity contribution >= 4 is 57.3 Å². The van der Waals surface area contributed by atoms with Gasteiger partial charge in [-0.15, -0.1) is 0 Å². The molecule has 1 saturated heterocycles. The Hall–Kier alpha value is -3.16. The number of hydrogen-bond acceptors (Lipinski definition) is 9. The molecule has 0 unspecified atom stereocenters. The van der Waals surface area contributed by atoms with Crippen molar-refractivity contribution in [2.75, 3.05) is 41.9 Å². The molecule has 0 atom stereocenters. The molecule has 0 amide bonds. The summed E-state index contributed by atoms with van der Waals surface area (Å²) in [4.78, 5) is 14.8. The fourth-order valence-corrected chi connectivity index (χ4v) is 3.96. The van der Waals surface area contributed by atoms with Gasteiger partial charge >= 0.3 is 6.18 Å². The third-order valence-electron chi connectivity index (χ3n) is 4.79. The summed E-state index contributed by atoms with van der Waals surface area (Å²) < 4.78 is 45.0. The minimum atomic E-state index is -4.49. The van der Waals surface area contributed by atoms with Crippen molar-refractivity contribution in [1.29, 1.82) is 0 Å². The molecule has 1 aliphatic rings. The van der Waals surface area contributed by atoms with E-state index in [0.29, 0.717) is 47.3 Å². The van der Waals surface area contributed by atoms with E-state index < -0.39 is 11.7 Å². The summed E-state index contributed by atoms with van der Waals surface area (Å²) in [6.07, 6.45) is -3.16. The lowest BCUT2D eigenvalue weighted by atomic mass is 10.2. The highest BCUT2D eigenvalue weighted by atomic mass is 79.9. The van der Waals surface area contributed by atoms with Gasteiger partial charge < -0.3 is 20.1 Å². The molecule has 0 bridgehead atoms. The molecule has 3 N–H and O–H groups in total. The van der Waals surface area contributed by atoms with Crippen LogP contribution in [0.3, 0.4) is 0 Å². The molecule has 4 rings (SSSR count). The smallest absolute Gasteiger partial charge is 0.416 e. The number of hydrogen-bond donors (Lipinski definition) is 3. The Morgan fingerprint density at radius 3 is 2.60 bits per heavy atom. The van der Waals surface area contributed by atoms with E-state index in [2.05, 4.69) is 46.7 Å². The summed E-state index contributed by atoms with van der Waals surface area (Å²) >= 11 is 9.21. The van der Waals surface area contributed by atoms with Crippen LogP contribution < -0.4 is 15.6 Å². The number of morpholine rings is 1. The average Bonchev–Trinajstić information content (AvgIpc) is 2.82. The van der Waals surface area contributed by atoms with Crippen LogP contribution in [0.15, 0.2) is 46.0 Å². The van der Waals surface area contributed by atoms with E-state index in [1.165, 1.54) is 30.5 Å². The first-order valence-electron chi connectivity index (χ1n) is 10.2. The summed E-state index contributed by atoms with van der Waals surface area (Å²) in [6.45, 7) is 2.01. The quantitative estimate of drug-likeness (QED) is 0.279. The summed E-state index contributed by atoms with van der Waals surface area (Å²) in [5.41, 5.74) is 2.34. The third-order valence-corrected chi connectivity index (χ3v) is 5.61. The molecule has 9 nitrogen and oxygen atoms in total. The fourth-order valence-electron chi connectivity index (χ4n) is 3.12. The van der Waals surface area contributed by atoms with Crippen LogP contribution in [0.2, 0.25) is 5.02 Å². The van der Waals surface area contributed by atoms with E-state index in [1.807, 2.05) is 4.90 Å². The van der Waals surface area contributed by atoms with Crippen molar-refractivity contribution in [2.45, 2.75) is 6.18 Å². The molecule has 1 aromatic heterocycles. The van der Waals surface area contributed by atoms with Gasteiger partial charge in [-0.25, -0.2) is 5.43 Å². The van der Waals surface area contributed by atoms with E-state index in [1.54, 1.807) is 0 Å². The van der Waals surface area contributed by atoms with E-state index in [4.69, 9.17) is 16.3 Å². The molecule has 3 aromatic rings. The first-order chi connectivity index (χ1) is 16.7. The third kappa shape index (κ3) is 6.50. The Kier molecular flexibility index (Phi) is 7.57. The van der Waals surface area contributed by atoms with E-state index in [9.17, 15) is 18.3 Å². The maximum atomic E-state index is 13.1. The largest absolute Gasteiger partial charge is 0.506 e. The second-order valence-electron chi connectivity index (χ2n) is 7.28. The molecule has 184 valence electrons. The molecule has 2 aromatic carbocycles. The number of alkyl halides is 3. The van der Waals surface area contributed by atoms with E-state index >= 15 is 0 Å². The molecule has 0 saturated carbocycles. The van der Waals surface area contributed by atoms with Gasteiger partial charge in [-0.1, -0.05) is 17.7 Å². The lowest BCUT2D eigenvalue weighted by molar-refractivity contribution is -0.137. The number of nitrogens with one attached hydrogen (secondary N) is 2. The predicted molar refractivity (Wildman–Crippen MR) is 130 cm³/mol. The number of nitrogens with zero attached hydrogens (tertiary/aromatic N) is 5. The lowest BCUT2D eigenvalue weighted by Crippen LogP contribution is -2.37. The van der Waals surface area contributed by atoms with Crippen molar-refractivity contribution in [2.24, 2.45) is 5.10 Å². The van der Waals surface area contributed by atoms with Gasteiger partial charge in [-0.2, -0.15) is 33.2 Å². The molecular weight excluding hydrogens is 555 g/mol. The SMILES string of the molecule is Oc1c(Br)cc(Cl)cc1/C=N/Nc1nc(Nc2cccc(C(F)(F)F)c2)nc(N2CCOCC2)n1. The number of aromatic hydroxyl groups is 1. The van der Waals surface area contributed by atoms with Crippen molar-refractivity contribution in [1.82, 2.24) is 15.0 Å². The monoisotopic (exact) mass is 571 g/mol. The van der Waals surface area contributed by atoms with Gasteiger partial charge in [0.2, 0.25) is 17.8 Å². The maximum Gasteiger partial charge on any atom is 0.416 e. The van der Waals surface area contributed by atoms with Crippen LogP contribution in [0, 0.1) is 0 Å².